The van der Waals surface area contributed by atoms with E-state index in [4.69, 9.17) is 0 Å². The first-order valence-electron chi connectivity index (χ1n) is 5.27. The fourth-order valence-electron chi connectivity index (χ4n) is 1.16. The first kappa shape index (κ1) is 13.2. The number of aliphatic hydroxyl groups excluding tert-OH is 1. The highest BCUT2D eigenvalue weighted by atomic mass is 16.3. The number of allylic oxidation sites excluding steroid dienone is 2. The Hall–Kier alpha value is -0.790. The standard InChI is InChI=1S/C12H22O2/c1-6-9(7-2)10(13)8-11(14)12(3,4)5/h8-9,14H,6-7H2,1-5H3/b11-8-. The molecule has 0 aliphatic rings. The van der Waals surface area contributed by atoms with Crippen LogP contribution in [-0.2, 0) is 4.79 Å². The molecule has 0 bridgehead atoms. The van der Waals surface area contributed by atoms with Crippen molar-refractivity contribution in [3.8, 4) is 0 Å². The van der Waals surface area contributed by atoms with Crippen LogP contribution in [0.1, 0.15) is 47.5 Å². The number of carbonyl (C=O) groups excluding carboxylic acids is 1. The van der Waals surface area contributed by atoms with E-state index < -0.39 is 0 Å². The van der Waals surface area contributed by atoms with Gasteiger partial charge in [0.15, 0.2) is 5.78 Å². The average Bonchev–Trinajstić information content (AvgIpc) is 2.04. The van der Waals surface area contributed by atoms with Gasteiger partial charge in [0.2, 0.25) is 0 Å². The average molecular weight is 198 g/mol. The lowest BCUT2D eigenvalue weighted by atomic mass is 9.90. The van der Waals surface area contributed by atoms with Crippen LogP contribution in [0.5, 0.6) is 0 Å². The molecule has 0 unspecified atom stereocenters. The van der Waals surface area contributed by atoms with Gasteiger partial charge >= 0.3 is 0 Å². The van der Waals surface area contributed by atoms with Crippen LogP contribution in [-0.4, -0.2) is 10.9 Å². The summed E-state index contributed by atoms with van der Waals surface area (Å²) in [5.74, 6) is 0.274. The summed E-state index contributed by atoms with van der Waals surface area (Å²) in [5, 5.41) is 9.64. The van der Waals surface area contributed by atoms with Gasteiger partial charge in [0.1, 0.15) is 5.76 Å². The summed E-state index contributed by atoms with van der Waals surface area (Å²) in [6, 6.07) is 0. The van der Waals surface area contributed by atoms with E-state index in [-0.39, 0.29) is 22.9 Å². The second-order valence-corrected chi connectivity index (χ2v) is 4.70. The Kier molecular flexibility index (Phi) is 4.89. The fraction of sp³-hybridized carbons (Fsp3) is 0.750. The number of aliphatic hydroxyl groups is 1. The third kappa shape index (κ3) is 3.95. The molecule has 0 atom stereocenters. The molecule has 0 aliphatic heterocycles. The molecule has 0 aromatic heterocycles. The van der Waals surface area contributed by atoms with Gasteiger partial charge in [0.05, 0.1) is 0 Å². The summed E-state index contributed by atoms with van der Waals surface area (Å²) in [7, 11) is 0. The van der Waals surface area contributed by atoms with Crippen molar-refractivity contribution in [2.45, 2.75) is 47.5 Å². The van der Waals surface area contributed by atoms with Gasteiger partial charge in [0, 0.05) is 17.4 Å². The molecular weight excluding hydrogens is 176 g/mol. The molecular formula is C12H22O2. The Morgan fingerprint density at radius 2 is 1.71 bits per heavy atom. The molecule has 0 aromatic carbocycles. The molecule has 0 radical (unpaired) electrons. The lowest BCUT2D eigenvalue weighted by molar-refractivity contribution is -0.118. The number of carbonyl (C=O) groups is 1. The molecule has 0 saturated heterocycles. The zero-order valence-corrected chi connectivity index (χ0v) is 9.92. The van der Waals surface area contributed by atoms with Crippen LogP contribution in [0.25, 0.3) is 0 Å². The van der Waals surface area contributed by atoms with Gasteiger partial charge in [-0.05, 0) is 12.8 Å². The van der Waals surface area contributed by atoms with Crippen LogP contribution < -0.4 is 0 Å². The third-order valence-corrected chi connectivity index (χ3v) is 2.44. The van der Waals surface area contributed by atoms with E-state index in [1.807, 2.05) is 34.6 Å². The quantitative estimate of drug-likeness (QED) is 0.554. The minimum Gasteiger partial charge on any atom is -0.512 e. The smallest absolute Gasteiger partial charge is 0.162 e. The zero-order chi connectivity index (χ0) is 11.4. The van der Waals surface area contributed by atoms with Crippen molar-refractivity contribution in [2.24, 2.45) is 11.3 Å². The van der Waals surface area contributed by atoms with E-state index in [1.165, 1.54) is 6.08 Å². The summed E-state index contributed by atoms with van der Waals surface area (Å²) in [6.07, 6.45) is 3.06. The highest BCUT2D eigenvalue weighted by Crippen LogP contribution is 2.23. The Labute approximate surface area is 87.0 Å². The van der Waals surface area contributed by atoms with Crippen LogP contribution in [0.3, 0.4) is 0 Å². The van der Waals surface area contributed by atoms with Crippen LogP contribution in [0.2, 0.25) is 0 Å². The molecule has 0 saturated carbocycles. The second kappa shape index (κ2) is 5.18. The lowest BCUT2D eigenvalue weighted by Crippen LogP contribution is -2.15. The Bertz CT molecular complexity index is 217. The summed E-state index contributed by atoms with van der Waals surface area (Å²) < 4.78 is 0. The van der Waals surface area contributed by atoms with Crippen LogP contribution in [0, 0.1) is 11.3 Å². The number of hydrogen-bond donors (Lipinski definition) is 1. The molecule has 2 nitrogen and oxygen atoms in total. The minimum absolute atomic E-state index is 0.0439. The summed E-state index contributed by atoms with van der Waals surface area (Å²) in [6.45, 7) is 9.65. The minimum atomic E-state index is -0.332. The first-order valence-corrected chi connectivity index (χ1v) is 5.27. The summed E-state index contributed by atoms with van der Waals surface area (Å²) in [4.78, 5) is 11.6. The van der Waals surface area contributed by atoms with Crippen LogP contribution >= 0.6 is 0 Å². The maximum absolute atomic E-state index is 11.6. The van der Waals surface area contributed by atoms with E-state index in [9.17, 15) is 9.90 Å². The predicted molar refractivity (Wildman–Crippen MR) is 59.2 cm³/mol. The lowest BCUT2D eigenvalue weighted by Gasteiger charge is -2.17. The maximum atomic E-state index is 11.6. The van der Waals surface area contributed by atoms with E-state index >= 15 is 0 Å². The van der Waals surface area contributed by atoms with Crippen molar-refractivity contribution in [2.75, 3.05) is 0 Å². The van der Waals surface area contributed by atoms with Crippen molar-refractivity contribution < 1.29 is 9.90 Å². The highest BCUT2D eigenvalue weighted by Gasteiger charge is 2.19. The van der Waals surface area contributed by atoms with Gasteiger partial charge < -0.3 is 5.11 Å². The van der Waals surface area contributed by atoms with Crippen LogP contribution in [0.4, 0.5) is 0 Å². The van der Waals surface area contributed by atoms with Crippen molar-refractivity contribution in [1.29, 1.82) is 0 Å². The zero-order valence-electron chi connectivity index (χ0n) is 9.92. The van der Waals surface area contributed by atoms with E-state index in [0.29, 0.717) is 0 Å². The number of rotatable bonds is 4. The first-order chi connectivity index (χ1) is 6.32. The second-order valence-electron chi connectivity index (χ2n) is 4.70. The van der Waals surface area contributed by atoms with E-state index in [1.54, 1.807) is 0 Å². The summed E-state index contributed by atoms with van der Waals surface area (Å²) >= 11 is 0. The molecule has 0 rings (SSSR count). The van der Waals surface area contributed by atoms with Gasteiger partial charge in [-0.1, -0.05) is 34.6 Å². The van der Waals surface area contributed by atoms with Gasteiger partial charge in [-0.15, -0.1) is 0 Å². The molecule has 14 heavy (non-hydrogen) atoms. The Balaban J connectivity index is 4.58. The largest absolute Gasteiger partial charge is 0.512 e. The fourth-order valence-corrected chi connectivity index (χ4v) is 1.16. The maximum Gasteiger partial charge on any atom is 0.162 e. The molecule has 0 spiro atoms. The molecule has 0 amide bonds. The van der Waals surface area contributed by atoms with Gasteiger partial charge in [-0.2, -0.15) is 0 Å². The van der Waals surface area contributed by atoms with Crippen molar-refractivity contribution in [3.05, 3.63) is 11.8 Å². The van der Waals surface area contributed by atoms with Crippen molar-refractivity contribution in [3.63, 3.8) is 0 Å². The normalized spacial score (nSPS) is 13.4. The molecule has 0 heterocycles. The number of ketones is 1. The van der Waals surface area contributed by atoms with E-state index in [0.717, 1.165) is 12.8 Å². The van der Waals surface area contributed by atoms with Crippen LogP contribution in [0.15, 0.2) is 11.8 Å². The molecule has 2 heteroatoms. The predicted octanol–water partition coefficient (Wildman–Crippen LogP) is 3.48. The molecule has 82 valence electrons. The molecule has 0 aromatic rings. The van der Waals surface area contributed by atoms with Gasteiger partial charge in [-0.25, -0.2) is 0 Å². The number of hydrogen-bond acceptors (Lipinski definition) is 2. The van der Waals surface area contributed by atoms with Crippen molar-refractivity contribution >= 4 is 5.78 Å². The SMILES string of the molecule is CCC(CC)C(=O)/C=C(\O)C(C)(C)C. The van der Waals surface area contributed by atoms with Gasteiger partial charge in [0.25, 0.3) is 0 Å². The third-order valence-electron chi connectivity index (χ3n) is 2.44. The molecule has 0 fully saturated rings. The Morgan fingerprint density at radius 3 is 2.00 bits per heavy atom. The molecule has 1 N–H and O–H groups in total. The topological polar surface area (TPSA) is 37.3 Å². The monoisotopic (exact) mass is 198 g/mol. The van der Waals surface area contributed by atoms with E-state index in [2.05, 4.69) is 0 Å². The molecule has 0 aliphatic carbocycles. The highest BCUT2D eigenvalue weighted by molar-refractivity contribution is 5.92. The Morgan fingerprint density at radius 1 is 1.29 bits per heavy atom. The summed E-state index contributed by atoms with van der Waals surface area (Å²) in [5.41, 5.74) is -0.332. The van der Waals surface area contributed by atoms with Gasteiger partial charge in [-0.3, -0.25) is 4.79 Å². The van der Waals surface area contributed by atoms with Crippen molar-refractivity contribution in [1.82, 2.24) is 0 Å².